The first-order valence-corrected chi connectivity index (χ1v) is 16.5. The molecule has 1 aliphatic carbocycles. The number of anilines is 1. The number of carbonyl (C=O) groups excluding carboxylic acids is 2. The minimum atomic E-state index is -4.85. The second-order valence-corrected chi connectivity index (χ2v) is 13.4. The maximum atomic E-state index is 14.2. The van der Waals surface area contributed by atoms with E-state index in [-0.39, 0.29) is 30.6 Å². The molecule has 12 heteroatoms. The van der Waals surface area contributed by atoms with Gasteiger partial charge in [-0.25, -0.2) is 8.42 Å². The number of aryl methyl sites for hydroxylation is 1. The molecule has 7 nitrogen and oxygen atoms in total. The summed E-state index contributed by atoms with van der Waals surface area (Å²) in [6, 6.07) is 18.1. The van der Waals surface area contributed by atoms with E-state index in [1.807, 2.05) is 61.5 Å². The van der Waals surface area contributed by atoms with Crippen LogP contribution in [0.5, 0.6) is 0 Å². The van der Waals surface area contributed by atoms with Crippen molar-refractivity contribution in [1.29, 1.82) is 0 Å². The van der Waals surface area contributed by atoms with Crippen LogP contribution in [0.15, 0.2) is 72.8 Å². The molecule has 1 fully saturated rings. The normalized spacial score (nSPS) is 14.7. The van der Waals surface area contributed by atoms with E-state index in [4.69, 9.17) is 11.6 Å². The number of nitrogens with one attached hydrogen (secondary N) is 1. The Balaban J connectivity index is 1.75. The molecule has 0 bridgehead atoms. The minimum Gasteiger partial charge on any atom is -0.352 e. The molecule has 0 saturated heterocycles. The summed E-state index contributed by atoms with van der Waals surface area (Å²) in [6.45, 7) is 1.05. The number of halogens is 4. The van der Waals surface area contributed by atoms with Crippen molar-refractivity contribution in [3.63, 3.8) is 0 Å². The van der Waals surface area contributed by atoms with Gasteiger partial charge in [0.1, 0.15) is 12.6 Å². The van der Waals surface area contributed by atoms with Crippen LogP contribution < -0.4 is 9.62 Å². The largest absolute Gasteiger partial charge is 0.417 e. The fourth-order valence-electron chi connectivity index (χ4n) is 5.31. The standard InChI is InChI=1S/C32H35ClF3N3O4S/c1-22-12-14-24(15-13-22)20-38(29(18-23-8-4-3-5-9-23)31(41)37-25-10-6-7-11-25)30(40)21-39(44(2,42)43)26-16-17-28(33)27(19-26)32(34,35)36/h3-5,8-9,12-17,19,25,29H,6-7,10-11,18,20-21H2,1-2H3,(H,37,41)/t29-/m0/s1. The molecule has 1 atom stereocenters. The minimum absolute atomic E-state index is 0.0271. The van der Waals surface area contributed by atoms with E-state index in [1.165, 1.54) is 4.90 Å². The number of hydrogen-bond acceptors (Lipinski definition) is 4. The molecule has 0 aromatic heterocycles. The summed E-state index contributed by atoms with van der Waals surface area (Å²) >= 11 is 5.77. The lowest BCUT2D eigenvalue weighted by molar-refractivity contribution is -0.140. The molecule has 1 N–H and O–H groups in total. The molecule has 1 aliphatic rings. The SMILES string of the molecule is Cc1ccc(CN(C(=O)CN(c2ccc(Cl)c(C(F)(F)F)c2)S(C)(=O)=O)[C@@H](Cc2ccccc2)C(=O)NC2CCCC2)cc1. The molecular weight excluding hydrogens is 615 g/mol. The summed E-state index contributed by atoms with van der Waals surface area (Å²) in [5.74, 6) is -1.13. The predicted octanol–water partition coefficient (Wildman–Crippen LogP) is 6.13. The fourth-order valence-corrected chi connectivity index (χ4v) is 6.38. The van der Waals surface area contributed by atoms with Gasteiger partial charge in [-0.1, -0.05) is 84.6 Å². The van der Waals surface area contributed by atoms with Crippen molar-refractivity contribution in [2.24, 2.45) is 0 Å². The zero-order chi connectivity index (χ0) is 32.1. The number of nitrogens with zero attached hydrogens (tertiary/aromatic N) is 2. The van der Waals surface area contributed by atoms with Crippen LogP contribution in [0, 0.1) is 6.92 Å². The molecule has 2 amide bonds. The van der Waals surface area contributed by atoms with Gasteiger partial charge in [-0.3, -0.25) is 13.9 Å². The van der Waals surface area contributed by atoms with Crippen LogP contribution in [0.4, 0.5) is 18.9 Å². The average Bonchev–Trinajstić information content (AvgIpc) is 3.47. The Morgan fingerprint density at radius 2 is 1.61 bits per heavy atom. The van der Waals surface area contributed by atoms with Gasteiger partial charge >= 0.3 is 6.18 Å². The lowest BCUT2D eigenvalue weighted by Gasteiger charge is -2.34. The molecule has 0 spiro atoms. The molecule has 0 aliphatic heterocycles. The highest BCUT2D eigenvalue weighted by atomic mass is 35.5. The van der Waals surface area contributed by atoms with Crippen LogP contribution in [-0.4, -0.2) is 50.0 Å². The van der Waals surface area contributed by atoms with Crippen molar-refractivity contribution in [2.75, 3.05) is 17.1 Å². The van der Waals surface area contributed by atoms with Crippen LogP contribution in [0.2, 0.25) is 5.02 Å². The number of hydrogen-bond donors (Lipinski definition) is 1. The zero-order valence-corrected chi connectivity index (χ0v) is 26.1. The van der Waals surface area contributed by atoms with Crippen molar-refractivity contribution in [2.45, 2.75) is 63.8 Å². The van der Waals surface area contributed by atoms with Crippen molar-refractivity contribution >= 4 is 39.1 Å². The van der Waals surface area contributed by atoms with Gasteiger partial charge in [0.05, 0.1) is 22.5 Å². The number of rotatable bonds is 11. The fraction of sp³-hybridized carbons (Fsp3) is 0.375. The van der Waals surface area contributed by atoms with Crippen molar-refractivity contribution < 1.29 is 31.2 Å². The first kappa shape index (κ1) is 33.3. The van der Waals surface area contributed by atoms with Gasteiger partial charge in [-0.15, -0.1) is 0 Å². The second kappa shape index (κ2) is 14.0. The zero-order valence-electron chi connectivity index (χ0n) is 24.5. The third-order valence-corrected chi connectivity index (χ3v) is 9.14. The predicted molar refractivity (Wildman–Crippen MR) is 165 cm³/mol. The maximum absolute atomic E-state index is 14.2. The molecule has 4 rings (SSSR count). The second-order valence-electron chi connectivity index (χ2n) is 11.1. The quantitative estimate of drug-likeness (QED) is 0.271. The lowest BCUT2D eigenvalue weighted by atomic mass is 10.0. The Labute approximate surface area is 261 Å². The Kier molecular flexibility index (Phi) is 10.6. The van der Waals surface area contributed by atoms with Crippen LogP contribution in [0.1, 0.15) is 47.9 Å². The van der Waals surface area contributed by atoms with Crippen LogP contribution in [0.3, 0.4) is 0 Å². The number of amides is 2. The highest BCUT2D eigenvalue weighted by Gasteiger charge is 2.37. The summed E-state index contributed by atoms with van der Waals surface area (Å²) in [6.07, 6.45) is -0.312. The molecule has 3 aromatic carbocycles. The van der Waals surface area contributed by atoms with Gasteiger partial charge in [-0.2, -0.15) is 13.2 Å². The van der Waals surface area contributed by atoms with Gasteiger partial charge in [0.2, 0.25) is 21.8 Å². The van der Waals surface area contributed by atoms with Crippen molar-refractivity contribution in [3.8, 4) is 0 Å². The van der Waals surface area contributed by atoms with E-state index in [2.05, 4.69) is 5.32 Å². The number of sulfonamides is 1. The van der Waals surface area contributed by atoms with E-state index >= 15 is 0 Å². The van der Waals surface area contributed by atoms with Crippen molar-refractivity contribution in [1.82, 2.24) is 10.2 Å². The van der Waals surface area contributed by atoms with Gasteiger partial charge in [0.25, 0.3) is 0 Å². The molecule has 0 unspecified atom stereocenters. The number of alkyl halides is 3. The topological polar surface area (TPSA) is 86.8 Å². The summed E-state index contributed by atoms with van der Waals surface area (Å²) in [5.41, 5.74) is 0.869. The Hall–Kier alpha value is -3.57. The summed E-state index contributed by atoms with van der Waals surface area (Å²) in [7, 11) is -4.25. The molecule has 0 heterocycles. The monoisotopic (exact) mass is 649 g/mol. The third kappa shape index (κ3) is 8.75. The molecule has 0 radical (unpaired) electrons. The van der Waals surface area contributed by atoms with Gasteiger partial charge in [0, 0.05) is 19.0 Å². The van der Waals surface area contributed by atoms with Gasteiger partial charge in [-0.05, 0) is 49.1 Å². The van der Waals surface area contributed by atoms with E-state index in [0.29, 0.717) is 15.9 Å². The highest BCUT2D eigenvalue weighted by Crippen LogP contribution is 2.37. The summed E-state index contributed by atoms with van der Waals surface area (Å²) < 4.78 is 67.4. The average molecular weight is 650 g/mol. The van der Waals surface area contributed by atoms with Crippen molar-refractivity contribution in [3.05, 3.63) is 100 Å². The van der Waals surface area contributed by atoms with Gasteiger partial charge < -0.3 is 10.2 Å². The lowest BCUT2D eigenvalue weighted by Crippen LogP contribution is -2.54. The third-order valence-electron chi connectivity index (χ3n) is 7.67. The van der Waals surface area contributed by atoms with Crippen LogP contribution in [-0.2, 0) is 38.8 Å². The molecule has 236 valence electrons. The van der Waals surface area contributed by atoms with E-state index in [1.54, 1.807) is 0 Å². The summed E-state index contributed by atoms with van der Waals surface area (Å²) in [4.78, 5) is 29.3. The Morgan fingerprint density at radius 3 is 2.20 bits per heavy atom. The van der Waals surface area contributed by atoms with Crippen LogP contribution in [0.25, 0.3) is 0 Å². The molecule has 1 saturated carbocycles. The van der Waals surface area contributed by atoms with E-state index in [0.717, 1.165) is 55.2 Å². The summed E-state index contributed by atoms with van der Waals surface area (Å²) in [5, 5.41) is 2.47. The first-order valence-electron chi connectivity index (χ1n) is 14.3. The number of benzene rings is 3. The number of carbonyl (C=O) groups is 2. The molecular formula is C32H35ClF3N3O4S. The van der Waals surface area contributed by atoms with Crippen LogP contribution >= 0.6 is 11.6 Å². The van der Waals surface area contributed by atoms with Gasteiger partial charge in [0.15, 0.2) is 0 Å². The van der Waals surface area contributed by atoms with E-state index < -0.39 is 45.3 Å². The Morgan fingerprint density at radius 1 is 0.977 bits per heavy atom. The maximum Gasteiger partial charge on any atom is 0.417 e. The van der Waals surface area contributed by atoms with E-state index in [9.17, 15) is 31.2 Å². The molecule has 3 aromatic rings. The Bertz CT molecular complexity index is 1560. The smallest absolute Gasteiger partial charge is 0.352 e. The molecule has 44 heavy (non-hydrogen) atoms. The highest BCUT2D eigenvalue weighted by molar-refractivity contribution is 7.92. The first-order chi connectivity index (χ1) is 20.7.